The van der Waals surface area contributed by atoms with Gasteiger partial charge in [-0.15, -0.1) is 0 Å². The molecule has 13 heavy (non-hydrogen) atoms. The minimum atomic E-state index is -0.358. The van der Waals surface area contributed by atoms with Crippen LogP contribution in [0.4, 0.5) is 10.1 Å². The zero-order valence-electron chi connectivity index (χ0n) is 8.36. The number of rotatable bonds is 1. The molecule has 3 heteroatoms. The summed E-state index contributed by atoms with van der Waals surface area (Å²) in [7, 11) is 1.46. The maximum atomic E-state index is 13.5. The maximum absolute atomic E-state index is 13.5. The van der Waals surface area contributed by atoms with E-state index >= 15 is 0 Å². The molecule has 0 aliphatic carbocycles. The van der Waals surface area contributed by atoms with Crippen molar-refractivity contribution in [3.8, 4) is 5.75 Å². The van der Waals surface area contributed by atoms with Gasteiger partial charge in [0.25, 0.3) is 0 Å². The van der Waals surface area contributed by atoms with Crippen molar-refractivity contribution < 1.29 is 9.13 Å². The van der Waals surface area contributed by atoms with Crippen LogP contribution in [0.3, 0.4) is 0 Å². The average Bonchev–Trinajstić information content (AvgIpc) is 2.13. The lowest BCUT2D eigenvalue weighted by Gasteiger charge is -2.14. The molecule has 0 unspecified atom stereocenters. The Bertz CT molecular complexity index is 318. The van der Waals surface area contributed by atoms with Crippen LogP contribution in [-0.4, -0.2) is 7.11 Å². The van der Waals surface area contributed by atoms with Gasteiger partial charge in [0, 0.05) is 11.3 Å². The zero-order chi connectivity index (χ0) is 10.2. The van der Waals surface area contributed by atoms with E-state index in [9.17, 15) is 4.39 Å². The molecule has 0 radical (unpaired) electrons. The number of hydrogen-bond donors (Lipinski definition) is 1. The fraction of sp³-hybridized carbons (Fsp3) is 0.400. The van der Waals surface area contributed by atoms with Crippen LogP contribution in [0.5, 0.6) is 5.75 Å². The molecule has 1 aromatic carbocycles. The van der Waals surface area contributed by atoms with Crippen molar-refractivity contribution >= 4 is 5.69 Å². The van der Waals surface area contributed by atoms with E-state index in [4.69, 9.17) is 10.5 Å². The van der Waals surface area contributed by atoms with Gasteiger partial charge in [0.15, 0.2) is 11.6 Å². The summed E-state index contributed by atoms with van der Waals surface area (Å²) in [4.78, 5) is 0. The molecule has 0 atom stereocenters. The second-order valence-electron chi connectivity index (χ2n) is 3.14. The Morgan fingerprint density at radius 2 is 1.62 bits per heavy atom. The lowest BCUT2D eigenvalue weighted by Crippen LogP contribution is -2.03. The first-order valence-electron chi connectivity index (χ1n) is 4.09. The van der Waals surface area contributed by atoms with Crippen molar-refractivity contribution in [1.82, 2.24) is 0 Å². The van der Waals surface area contributed by atoms with Crippen LogP contribution in [0.2, 0.25) is 0 Å². The van der Waals surface area contributed by atoms with Gasteiger partial charge >= 0.3 is 0 Å². The predicted molar refractivity (Wildman–Crippen MR) is 51.6 cm³/mol. The summed E-state index contributed by atoms with van der Waals surface area (Å²) < 4.78 is 18.5. The summed E-state index contributed by atoms with van der Waals surface area (Å²) in [5, 5.41) is 0. The normalized spacial score (nSPS) is 10.2. The van der Waals surface area contributed by atoms with Gasteiger partial charge in [0.05, 0.1) is 7.11 Å². The smallest absolute Gasteiger partial charge is 0.170 e. The zero-order valence-corrected chi connectivity index (χ0v) is 8.36. The van der Waals surface area contributed by atoms with Gasteiger partial charge in [-0.2, -0.15) is 0 Å². The van der Waals surface area contributed by atoms with Gasteiger partial charge in [0.1, 0.15) is 0 Å². The highest BCUT2D eigenvalue weighted by molar-refractivity contribution is 5.61. The number of hydrogen-bond acceptors (Lipinski definition) is 2. The fourth-order valence-electron chi connectivity index (χ4n) is 1.35. The fourth-order valence-corrected chi connectivity index (χ4v) is 1.35. The van der Waals surface area contributed by atoms with Gasteiger partial charge in [-0.3, -0.25) is 0 Å². The lowest BCUT2D eigenvalue weighted by molar-refractivity contribution is 0.382. The third-order valence-electron chi connectivity index (χ3n) is 2.44. The first-order chi connectivity index (χ1) is 6.00. The quantitative estimate of drug-likeness (QED) is 0.678. The molecule has 0 heterocycles. The number of benzene rings is 1. The minimum absolute atomic E-state index is 0.296. The number of anilines is 1. The van der Waals surface area contributed by atoms with Gasteiger partial charge in [-0.25, -0.2) is 4.39 Å². The van der Waals surface area contributed by atoms with E-state index in [1.165, 1.54) is 7.11 Å². The molecule has 0 amide bonds. The summed E-state index contributed by atoms with van der Waals surface area (Å²) in [5.41, 5.74) is 8.33. The molecule has 0 saturated heterocycles. The van der Waals surface area contributed by atoms with Crippen molar-refractivity contribution in [2.24, 2.45) is 0 Å². The van der Waals surface area contributed by atoms with Crippen LogP contribution >= 0.6 is 0 Å². The van der Waals surface area contributed by atoms with E-state index in [0.717, 1.165) is 11.1 Å². The Labute approximate surface area is 77.5 Å². The Morgan fingerprint density at radius 3 is 2.08 bits per heavy atom. The summed E-state index contributed by atoms with van der Waals surface area (Å²) in [6, 6.07) is 0. The van der Waals surface area contributed by atoms with Gasteiger partial charge in [0.2, 0.25) is 0 Å². The molecule has 0 fully saturated rings. The Balaban J connectivity index is 3.56. The molecular weight excluding hydrogens is 169 g/mol. The molecule has 0 aliphatic rings. The standard InChI is InChI=1S/C10H14FNO/c1-5-6(2)10(13-4)8(11)7(3)9(5)12/h12H2,1-4H3. The highest BCUT2D eigenvalue weighted by Gasteiger charge is 2.15. The van der Waals surface area contributed by atoms with Crippen molar-refractivity contribution in [1.29, 1.82) is 0 Å². The van der Waals surface area contributed by atoms with Crippen LogP contribution in [0.1, 0.15) is 16.7 Å². The van der Waals surface area contributed by atoms with Crippen molar-refractivity contribution in [2.45, 2.75) is 20.8 Å². The van der Waals surface area contributed by atoms with Gasteiger partial charge in [-0.1, -0.05) is 0 Å². The molecule has 0 spiro atoms. The molecule has 0 aliphatic heterocycles. The summed E-state index contributed by atoms with van der Waals surface area (Å²) in [5.74, 6) is -0.0627. The minimum Gasteiger partial charge on any atom is -0.493 e. The van der Waals surface area contributed by atoms with Crippen LogP contribution in [0.25, 0.3) is 0 Å². The summed E-state index contributed by atoms with van der Waals surface area (Å²) >= 11 is 0. The second kappa shape index (κ2) is 3.24. The van der Waals surface area contributed by atoms with E-state index < -0.39 is 0 Å². The summed E-state index contributed by atoms with van der Waals surface area (Å²) in [6.07, 6.45) is 0. The van der Waals surface area contributed by atoms with E-state index in [0.29, 0.717) is 17.0 Å². The van der Waals surface area contributed by atoms with Crippen LogP contribution in [0.15, 0.2) is 0 Å². The third kappa shape index (κ3) is 1.34. The highest BCUT2D eigenvalue weighted by Crippen LogP contribution is 2.32. The molecule has 2 N–H and O–H groups in total. The molecule has 72 valence electrons. The summed E-state index contributed by atoms with van der Waals surface area (Å²) in [6.45, 7) is 5.31. The van der Waals surface area contributed by atoms with Crippen LogP contribution in [-0.2, 0) is 0 Å². The van der Waals surface area contributed by atoms with E-state index in [-0.39, 0.29) is 5.82 Å². The second-order valence-corrected chi connectivity index (χ2v) is 3.14. The molecule has 1 aromatic rings. The Kier molecular flexibility index (Phi) is 2.45. The van der Waals surface area contributed by atoms with E-state index in [1.807, 2.05) is 6.92 Å². The van der Waals surface area contributed by atoms with Crippen LogP contribution in [0, 0.1) is 26.6 Å². The lowest BCUT2D eigenvalue weighted by atomic mass is 10.0. The predicted octanol–water partition coefficient (Wildman–Crippen LogP) is 2.34. The molecule has 0 aromatic heterocycles. The SMILES string of the molecule is COc1c(C)c(C)c(N)c(C)c1F. The van der Waals surface area contributed by atoms with Gasteiger partial charge in [-0.05, 0) is 31.9 Å². The van der Waals surface area contributed by atoms with Crippen molar-refractivity contribution in [3.05, 3.63) is 22.5 Å². The number of ether oxygens (including phenoxy) is 1. The average molecular weight is 183 g/mol. The number of nitrogen functional groups attached to an aromatic ring is 1. The molecule has 1 rings (SSSR count). The van der Waals surface area contributed by atoms with Crippen LogP contribution < -0.4 is 10.5 Å². The first-order valence-corrected chi connectivity index (χ1v) is 4.09. The monoisotopic (exact) mass is 183 g/mol. The topological polar surface area (TPSA) is 35.2 Å². The van der Waals surface area contributed by atoms with Gasteiger partial charge < -0.3 is 10.5 Å². The van der Waals surface area contributed by atoms with Crippen molar-refractivity contribution in [2.75, 3.05) is 12.8 Å². The van der Waals surface area contributed by atoms with E-state index in [2.05, 4.69) is 0 Å². The maximum Gasteiger partial charge on any atom is 0.170 e. The van der Waals surface area contributed by atoms with E-state index in [1.54, 1.807) is 13.8 Å². The Morgan fingerprint density at radius 1 is 1.08 bits per heavy atom. The Hall–Kier alpha value is -1.25. The third-order valence-corrected chi connectivity index (χ3v) is 2.44. The number of halogens is 1. The van der Waals surface area contributed by atoms with Crippen molar-refractivity contribution in [3.63, 3.8) is 0 Å². The highest BCUT2D eigenvalue weighted by atomic mass is 19.1. The molecule has 2 nitrogen and oxygen atoms in total. The first kappa shape index (κ1) is 9.84. The molecule has 0 saturated carbocycles. The molecule has 0 bridgehead atoms. The number of methoxy groups -OCH3 is 1. The largest absolute Gasteiger partial charge is 0.493 e. The molecular formula is C10H14FNO. The number of nitrogens with two attached hydrogens (primary N) is 1.